The van der Waals surface area contributed by atoms with Crippen LogP contribution in [0.4, 0.5) is 0 Å². The van der Waals surface area contributed by atoms with Crippen molar-refractivity contribution < 1.29 is 24.9 Å². The summed E-state index contributed by atoms with van der Waals surface area (Å²) in [6, 6.07) is 10.8. The van der Waals surface area contributed by atoms with Crippen molar-refractivity contribution in [2.24, 2.45) is 5.92 Å². The highest BCUT2D eigenvalue weighted by Crippen LogP contribution is 2.43. The molecule has 0 bridgehead atoms. The highest BCUT2D eigenvalue weighted by Gasteiger charge is 2.45. The normalized spacial score (nSPS) is 29.6. The summed E-state index contributed by atoms with van der Waals surface area (Å²) in [7, 11) is 0. The van der Waals surface area contributed by atoms with Crippen molar-refractivity contribution in [3.63, 3.8) is 0 Å². The molecule has 1 saturated carbocycles. The van der Waals surface area contributed by atoms with Gasteiger partial charge in [0.05, 0.1) is 5.60 Å². The van der Waals surface area contributed by atoms with Crippen molar-refractivity contribution in [3.05, 3.63) is 35.9 Å². The molecule has 23 heavy (non-hydrogen) atoms. The van der Waals surface area contributed by atoms with E-state index in [1.807, 2.05) is 18.2 Å². The zero-order valence-corrected chi connectivity index (χ0v) is 12.9. The highest BCUT2D eigenvalue weighted by molar-refractivity contribution is 6.27. The molecule has 126 valence electrons. The summed E-state index contributed by atoms with van der Waals surface area (Å²) in [5.41, 5.74) is 0.510. The second kappa shape index (κ2) is 7.57. The summed E-state index contributed by atoms with van der Waals surface area (Å²) in [5, 5.41) is 29.5. The van der Waals surface area contributed by atoms with Crippen LogP contribution in [-0.2, 0) is 15.2 Å². The van der Waals surface area contributed by atoms with E-state index in [4.69, 9.17) is 19.8 Å². The van der Waals surface area contributed by atoms with E-state index in [2.05, 4.69) is 17.4 Å². The predicted molar refractivity (Wildman–Crippen MR) is 84.0 cm³/mol. The molecule has 1 saturated heterocycles. The summed E-state index contributed by atoms with van der Waals surface area (Å²) >= 11 is 0. The zero-order chi connectivity index (χ0) is 16.9. The van der Waals surface area contributed by atoms with Gasteiger partial charge >= 0.3 is 11.9 Å². The van der Waals surface area contributed by atoms with Gasteiger partial charge in [-0.3, -0.25) is 0 Å². The standard InChI is InChI=1S/C15H21NO.C2H2O4/c17-15(12-6-2-1-3-7-12)10-11-16-14-9-5-4-8-13(14)15;3-1(4)2(5)6/h1-3,6-7,13-14,16-17H,4-5,8-11H2;(H,3,4)(H,5,6). The fraction of sp³-hybridized carbons (Fsp3) is 0.529. The molecule has 1 aromatic carbocycles. The molecule has 3 atom stereocenters. The fourth-order valence-corrected chi connectivity index (χ4v) is 3.67. The third kappa shape index (κ3) is 4.09. The molecule has 1 aliphatic heterocycles. The number of hydrogen-bond acceptors (Lipinski definition) is 4. The van der Waals surface area contributed by atoms with E-state index >= 15 is 0 Å². The van der Waals surface area contributed by atoms with Crippen molar-refractivity contribution in [1.29, 1.82) is 0 Å². The Labute approximate surface area is 135 Å². The first-order valence-corrected chi connectivity index (χ1v) is 7.92. The molecule has 2 aliphatic rings. The molecule has 1 aliphatic carbocycles. The van der Waals surface area contributed by atoms with Crippen molar-refractivity contribution in [1.82, 2.24) is 5.32 Å². The van der Waals surface area contributed by atoms with Gasteiger partial charge in [-0.15, -0.1) is 0 Å². The molecule has 0 radical (unpaired) electrons. The van der Waals surface area contributed by atoms with E-state index in [1.165, 1.54) is 19.3 Å². The summed E-state index contributed by atoms with van der Waals surface area (Å²) in [5.74, 6) is -3.25. The van der Waals surface area contributed by atoms with E-state index in [1.54, 1.807) is 0 Å². The first-order chi connectivity index (χ1) is 10.9. The molecule has 1 aromatic rings. The van der Waals surface area contributed by atoms with E-state index in [0.717, 1.165) is 24.9 Å². The van der Waals surface area contributed by atoms with E-state index in [-0.39, 0.29) is 0 Å². The Morgan fingerprint density at radius 1 is 1.04 bits per heavy atom. The van der Waals surface area contributed by atoms with E-state index in [9.17, 15) is 5.11 Å². The molecule has 6 nitrogen and oxygen atoms in total. The number of aliphatic carboxylic acids is 2. The Bertz CT molecular complexity index is 533. The van der Waals surface area contributed by atoms with Crippen LogP contribution < -0.4 is 5.32 Å². The maximum atomic E-state index is 11.1. The molecular formula is C17H23NO5. The van der Waals surface area contributed by atoms with Crippen molar-refractivity contribution in [2.45, 2.75) is 43.7 Å². The molecular weight excluding hydrogens is 298 g/mol. The maximum absolute atomic E-state index is 11.1. The van der Waals surface area contributed by atoms with Crippen LogP contribution in [0.2, 0.25) is 0 Å². The maximum Gasteiger partial charge on any atom is 0.414 e. The predicted octanol–water partition coefficient (Wildman–Crippen LogP) is 1.58. The molecule has 0 aromatic heterocycles. The van der Waals surface area contributed by atoms with Crippen LogP contribution in [-0.4, -0.2) is 39.8 Å². The van der Waals surface area contributed by atoms with Gasteiger partial charge in [0.15, 0.2) is 0 Å². The number of rotatable bonds is 1. The number of carbonyl (C=O) groups is 2. The minimum Gasteiger partial charge on any atom is -0.473 e. The lowest BCUT2D eigenvalue weighted by Gasteiger charge is -2.48. The van der Waals surface area contributed by atoms with Crippen LogP contribution in [0.15, 0.2) is 30.3 Å². The number of carboxylic acids is 2. The molecule has 0 spiro atoms. The van der Waals surface area contributed by atoms with E-state index in [0.29, 0.717) is 12.0 Å². The number of hydrogen-bond donors (Lipinski definition) is 4. The molecule has 2 fully saturated rings. The first kappa shape index (κ1) is 17.4. The van der Waals surface area contributed by atoms with Crippen LogP contribution in [0.5, 0.6) is 0 Å². The van der Waals surface area contributed by atoms with Crippen molar-refractivity contribution in [3.8, 4) is 0 Å². The lowest BCUT2D eigenvalue weighted by molar-refractivity contribution is -0.159. The Kier molecular flexibility index (Phi) is 5.74. The summed E-state index contributed by atoms with van der Waals surface area (Å²) in [4.78, 5) is 18.2. The largest absolute Gasteiger partial charge is 0.473 e. The third-order valence-electron chi connectivity index (χ3n) is 4.75. The Hall–Kier alpha value is -1.92. The number of fused-ring (bicyclic) bond motifs is 1. The minimum atomic E-state index is -1.82. The van der Waals surface area contributed by atoms with Crippen LogP contribution in [0.3, 0.4) is 0 Å². The topological polar surface area (TPSA) is 107 Å². The average molecular weight is 321 g/mol. The van der Waals surface area contributed by atoms with Gasteiger partial charge in [0, 0.05) is 12.0 Å². The number of nitrogens with one attached hydrogen (secondary N) is 1. The molecule has 3 unspecified atom stereocenters. The first-order valence-electron chi connectivity index (χ1n) is 7.92. The Morgan fingerprint density at radius 3 is 2.26 bits per heavy atom. The second-order valence-electron chi connectivity index (χ2n) is 6.10. The zero-order valence-electron chi connectivity index (χ0n) is 12.9. The van der Waals surface area contributed by atoms with Gasteiger partial charge < -0.3 is 20.6 Å². The smallest absolute Gasteiger partial charge is 0.414 e. The summed E-state index contributed by atoms with van der Waals surface area (Å²) < 4.78 is 0. The average Bonchev–Trinajstić information content (AvgIpc) is 2.57. The van der Waals surface area contributed by atoms with Gasteiger partial charge in [-0.1, -0.05) is 43.2 Å². The monoisotopic (exact) mass is 321 g/mol. The van der Waals surface area contributed by atoms with Gasteiger partial charge in [0.1, 0.15) is 0 Å². The quantitative estimate of drug-likeness (QED) is 0.585. The summed E-state index contributed by atoms with van der Waals surface area (Å²) in [6.45, 7) is 0.937. The highest BCUT2D eigenvalue weighted by atomic mass is 16.4. The van der Waals surface area contributed by atoms with Crippen LogP contribution in [0.1, 0.15) is 37.7 Å². The molecule has 6 heteroatoms. The van der Waals surface area contributed by atoms with Crippen LogP contribution in [0.25, 0.3) is 0 Å². The summed E-state index contributed by atoms with van der Waals surface area (Å²) in [6.07, 6.45) is 5.79. The number of benzene rings is 1. The Morgan fingerprint density at radius 2 is 1.65 bits per heavy atom. The van der Waals surface area contributed by atoms with Gasteiger partial charge in [-0.2, -0.15) is 0 Å². The fourth-order valence-electron chi connectivity index (χ4n) is 3.67. The lowest BCUT2D eigenvalue weighted by Crippen LogP contribution is -2.55. The van der Waals surface area contributed by atoms with Gasteiger partial charge in [-0.05, 0) is 31.4 Å². The van der Waals surface area contributed by atoms with Crippen molar-refractivity contribution in [2.75, 3.05) is 6.54 Å². The van der Waals surface area contributed by atoms with Gasteiger partial charge in [0.25, 0.3) is 0 Å². The number of carboxylic acid groups (broad SMARTS) is 2. The van der Waals surface area contributed by atoms with Crippen LogP contribution >= 0.6 is 0 Å². The van der Waals surface area contributed by atoms with Gasteiger partial charge in [-0.25, -0.2) is 9.59 Å². The number of piperidine rings is 1. The van der Waals surface area contributed by atoms with Crippen molar-refractivity contribution >= 4 is 11.9 Å². The van der Waals surface area contributed by atoms with E-state index < -0.39 is 17.5 Å². The molecule has 3 rings (SSSR count). The molecule has 4 N–H and O–H groups in total. The lowest BCUT2D eigenvalue weighted by atomic mass is 9.67. The molecule has 1 heterocycles. The second-order valence-corrected chi connectivity index (χ2v) is 6.10. The number of aliphatic hydroxyl groups is 1. The molecule has 0 amide bonds. The van der Waals surface area contributed by atoms with Crippen LogP contribution in [0, 0.1) is 5.92 Å². The Balaban J connectivity index is 0.000000277. The minimum absolute atomic E-state index is 0.396. The van der Waals surface area contributed by atoms with Gasteiger partial charge in [0.2, 0.25) is 0 Å². The third-order valence-corrected chi connectivity index (χ3v) is 4.75. The SMILES string of the molecule is O=C(O)C(=O)O.OC1(c2ccccc2)CCNC2CCCCC21.